The number of nitrogens with zero attached hydrogens (tertiary/aromatic N) is 3. The quantitative estimate of drug-likeness (QED) is 0.461. The predicted molar refractivity (Wildman–Crippen MR) is 68.7 cm³/mol. The Morgan fingerprint density at radius 2 is 2.06 bits per heavy atom. The van der Waals surface area contributed by atoms with Gasteiger partial charge in [-0.15, -0.1) is 0 Å². The molecule has 0 aromatic carbocycles. The van der Waals surface area contributed by atoms with Gasteiger partial charge in [0.15, 0.2) is 0 Å². The van der Waals surface area contributed by atoms with E-state index in [1.54, 1.807) is 0 Å². The zero-order valence-electron chi connectivity index (χ0n) is 10.2. The maximum absolute atomic E-state index is 10.9. The minimum Gasteiger partial charge on any atom is -0.351 e. The Morgan fingerprint density at radius 1 is 1.47 bits per heavy atom. The highest BCUT2D eigenvalue weighted by atomic mass is 35.5. The lowest BCUT2D eigenvalue weighted by molar-refractivity contribution is -0.384. The van der Waals surface area contributed by atoms with E-state index >= 15 is 0 Å². The second kappa shape index (κ2) is 5.82. The summed E-state index contributed by atoms with van der Waals surface area (Å²) in [5.41, 5.74) is -0.0104. The zero-order valence-corrected chi connectivity index (χ0v) is 10.9. The average Bonchev–Trinajstić information content (AvgIpc) is 2.29. The van der Waals surface area contributed by atoms with Crippen molar-refractivity contribution in [2.75, 3.05) is 11.9 Å². The molecule has 0 fully saturated rings. The van der Waals surface area contributed by atoms with Crippen molar-refractivity contribution in [3.63, 3.8) is 0 Å². The lowest BCUT2D eigenvalue weighted by Crippen LogP contribution is -2.31. The van der Waals surface area contributed by atoms with Crippen LogP contribution in [0.2, 0.25) is 5.15 Å². The third kappa shape index (κ3) is 3.06. The van der Waals surface area contributed by atoms with E-state index in [1.807, 2.05) is 25.8 Å². The highest BCUT2D eigenvalue weighted by molar-refractivity contribution is 6.29. The van der Waals surface area contributed by atoms with Crippen LogP contribution in [0, 0.1) is 10.1 Å². The molecule has 1 aromatic heterocycles. The molecule has 1 aromatic rings. The molecule has 0 saturated heterocycles. The molecular weight excluding hydrogens is 242 g/mol. The van der Waals surface area contributed by atoms with Gasteiger partial charge in [-0.2, -0.15) is 0 Å². The van der Waals surface area contributed by atoms with E-state index in [9.17, 15) is 10.1 Å². The third-order valence-corrected chi connectivity index (χ3v) is 3.05. The molecule has 1 heterocycles. The molecule has 0 atom stereocenters. The molecule has 6 heteroatoms. The second-order valence-electron chi connectivity index (χ2n) is 3.82. The summed E-state index contributed by atoms with van der Waals surface area (Å²) in [5, 5.41) is 11.2. The molecule has 0 aliphatic heterocycles. The predicted octanol–water partition coefficient (Wildman–Crippen LogP) is 3.27. The third-order valence-electron chi connectivity index (χ3n) is 2.84. The van der Waals surface area contributed by atoms with Gasteiger partial charge in [0, 0.05) is 19.2 Å². The topological polar surface area (TPSA) is 59.3 Å². The van der Waals surface area contributed by atoms with E-state index in [0.717, 1.165) is 12.8 Å². The fourth-order valence-electron chi connectivity index (χ4n) is 1.83. The van der Waals surface area contributed by atoms with Crippen LogP contribution < -0.4 is 4.90 Å². The summed E-state index contributed by atoms with van der Waals surface area (Å²) in [5.74, 6) is 0.330. The van der Waals surface area contributed by atoms with Gasteiger partial charge in [-0.05, 0) is 18.9 Å². The standard InChI is InChI=1S/C11H16ClN3O2/c1-4-8(5-2)14(3)11-9(15(16)17)6-7-10(12)13-11/h6-8H,4-5H2,1-3H3. The van der Waals surface area contributed by atoms with E-state index in [1.165, 1.54) is 12.1 Å². The first-order valence-corrected chi connectivity index (χ1v) is 5.92. The van der Waals surface area contributed by atoms with E-state index in [-0.39, 0.29) is 16.9 Å². The molecule has 0 radical (unpaired) electrons. The fourth-order valence-corrected chi connectivity index (χ4v) is 1.97. The maximum Gasteiger partial charge on any atom is 0.311 e. The zero-order chi connectivity index (χ0) is 13.0. The van der Waals surface area contributed by atoms with Crippen LogP contribution in [0.25, 0.3) is 0 Å². The lowest BCUT2D eigenvalue weighted by Gasteiger charge is -2.26. The van der Waals surface area contributed by atoms with Crippen molar-refractivity contribution in [1.29, 1.82) is 0 Å². The molecule has 0 aliphatic rings. The summed E-state index contributed by atoms with van der Waals surface area (Å²) in [7, 11) is 1.81. The first kappa shape index (κ1) is 13.7. The van der Waals surface area contributed by atoms with Crippen LogP contribution in [0.1, 0.15) is 26.7 Å². The van der Waals surface area contributed by atoms with Crippen LogP contribution in [0.15, 0.2) is 12.1 Å². The van der Waals surface area contributed by atoms with E-state index in [4.69, 9.17) is 11.6 Å². The van der Waals surface area contributed by atoms with Gasteiger partial charge in [-0.3, -0.25) is 10.1 Å². The first-order valence-electron chi connectivity index (χ1n) is 5.55. The van der Waals surface area contributed by atoms with Crippen molar-refractivity contribution in [3.05, 3.63) is 27.4 Å². The number of hydrogen-bond acceptors (Lipinski definition) is 4. The number of halogens is 1. The van der Waals surface area contributed by atoms with Gasteiger partial charge in [-0.1, -0.05) is 25.4 Å². The number of hydrogen-bond donors (Lipinski definition) is 0. The van der Waals surface area contributed by atoms with Crippen molar-refractivity contribution in [1.82, 2.24) is 4.98 Å². The molecule has 0 unspecified atom stereocenters. The van der Waals surface area contributed by atoms with Crippen molar-refractivity contribution in [2.24, 2.45) is 0 Å². The van der Waals surface area contributed by atoms with E-state index < -0.39 is 4.92 Å². The van der Waals surface area contributed by atoms with Crippen molar-refractivity contribution in [2.45, 2.75) is 32.7 Å². The first-order chi connectivity index (χ1) is 8.01. The van der Waals surface area contributed by atoms with Gasteiger partial charge in [-0.25, -0.2) is 4.98 Å². The summed E-state index contributed by atoms with van der Waals surface area (Å²) >= 11 is 5.80. The minimum absolute atomic E-state index is 0.0104. The van der Waals surface area contributed by atoms with Crippen LogP contribution in [-0.4, -0.2) is 23.0 Å². The Hall–Kier alpha value is -1.36. The number of pyridine rings is 1. The molecular formula is C11H16ClN3O2. The normalized spacial score (nSPS) is 10.6. The highest BCUT2D eigenvalue weighted by Gasteiger charge is 2.22. The van der Waals surface area contributed by atoms with Crippen molar-refractivity contribution < 1.29 is 4.92 Å². The minimum atomic E-state index is -0.433. The summed E-state index contributed by atoms with van der Waals surface area (Å²) in [4.78, 5) is 16.4. The van der Waals surface area contributed by atoms with Crippen LogP contribution in [0.4, 0.5) is 11.5 Å². The second-order valence-corrected chi connectivity index (χ2v) is 4.20. The summed E-state index contributed by atoms with van der Waals surface area (Å²) in [6.45, 7) is 4.09. The monoisotopic (exact) mass is 257 g/mol. The highest BCUT2D eigenvalue weighted by Crippen LogP contribution is 2.29. The SMILES string of the molecule is CCC(CC)N(C)c1nc(Cl)ccc1[N+](=O)[O-]. The number of aromatic nitrogens is 1. The van der Waals surface area contributed by atoms with Gasteiger partial charge >= 0.3 is 5.69 Å². The summed E-state index contributed by atoms with van der Waals surface area (Å²) in [6, 6.07) is 3.05. The van der Waals surface area contributed by atoms with Crippen LogP contribution in [0.3, 0.4) is 0 Å². The molecule has 0 amide bonds. The Morgan fingerprint density at radius 3 is 2.53 bits per heavy atom. The van der Waals surface area contributed by atoms with Gasteiger partial charge in [0.05, 0.1) is 4.92 Å². The molecule has 0 aliphatic carbocycles. The van der Waals surface area contributed by atoms with Gasteiger partial charge in [0.2, 0.25) is 5.82 Å². The van der Waals surface area contributed by atoms with Crippen LogP contribution in [0.5, 0.6) is 0 Å². The number of nitro groups is 1. The van der Waals surface area contributed by atoms with Crippen LogP contribution in [-0.2, 0) is 0 Å². The molecule has 0 saturated carbocycles. The number of anilines is 1. The molecule has 0 N–H and O–H groups in total. The smallest absolute Gasteiger partial charge is 0.311 e. The molecule has 0 bridgehead atoms. The molecule has 1 rings (SSSR count). The van der Waals surface area contributed by atoms with Crippen molar-refractivity contribution >= 4 is 23.1 Å². The van der Waals surface area contributed by atoms with Crippen molar-refractivity contribution in [3.8, 4) is 0 Å². The molecule has 94 valence electrons. The van der Waals surface area contributed by atoms with E-state index in [2.05, 4.69) is 4.98 Å². The summed E-state index contributed by atoms with van der Waals surface area (Å²) < 4.78 is 0. The van der Waals surface area contributed by atoms with Gasteiger partial charge in [0.1, 0.15) is 5.15 Å². The van der Waals surface area contributed by atoms with E-state index in [0.29, 0.717) is 5.82 Å². The average molecular weight is 258 g/mol. The number of rotatable bonds is 5. The van der Waals surface area contributed by atoms with Gasteiger partial charge < -0.3 is 4.90 Å². The molecule has 17 heavy (non-hydrogen) atoms. The molecule has 0 spiro atoms. The Balaban J connectivity index is 3.18. The lowest BCUT2D eigenvalue weighted by atomic mass is 10.1. The largest absolute Gasteiger partial charge is 0.351 e. The Labute approximate surface area is 106 Å². The van der Waals surface area contributed by atoms with Gasteiger partial charge in [0.25, 0.3) is 0 Å². The fraction of sp³-hybridized carbons (Fsp3) is 0.545. The Kier molecular flexibility index (Phi) is 4.69. The van der Waals surface area contributed by atoms with Crippen LogP contribution >= 0.6 is 11.6 Å². The summed E-state index contributed by atoms with van der Waals surface area (Å²) in [6.07, 6.45) is 1.80. The maximum atomic E-state index is 10.9. The molecule has 5 nitrogen and oxygen atoms in total. The Bertz CT molecular complexity index is 408.